The first-order chi connectivity index (χ1) is 13.6. The number of hydrogen-bond donors (Lipinski definition) is 1. The molecule has 28 heavy (non-hydrogen) atoms. The van der Waals surface area contributed by atoms with E-state index in [2.05, 4.69) is 16.3 Å². The second-order valence-corrected chi connectivity index (χ2v) is 7.30. The van der Waals surface area contributed by atoms with Crippen molar-refractivity contribution >= 4 is 28.9 Å². The van der Waals surface area contributed by atoms with Gasteiger partial charge in [0.25, 0.3) is 0 Å². The number of hydrogen-bond acceptors (Lipinski definition) is 4. The molecule has 2 fully saturated rings. The molecule has 1 atom stereocenters. The lowest BCUT2D eigenvalue weighted by molar-refractivity contribution is -0.122. The highest BCUT2D eigenvalue weighted by atomic mass is 16.2. The van der Waals surface area contributed by atoms with Gasteiger partial charge in [0.2, 0.25) is 11.8 Å². The van der Waals surface area contributed by atoms with Crippen molar-refractivity contribution in [3.05, 3.63) is 54.1 Å². The molecule has 6 nitrogen and oxygen atoms in total. The number of nitrogens with one attached hydrogen (secondary N) is 1. The Morgan fingerprint density at radius 1 is 1.07 bits per heavy atom. The van der Waals surface area contributed by atoms with Gasteiger partial charge in [0.1, 0.15) is 0 Å². The molecule has 2 saturated heterocycles. The predicted octanol–water partition coefficient (Wildman–Crippen LogP) is 3.15. The van der Waals surface area contributed by atoms with E-state index in [1.54, 1.807) is 29.2 Å². The molecule has 6 heteroatoms. The number of anilines is 3. The number of carbonyl (C=O) groups is 2. The third kappa shape index (κ3) is 3.70. The normalized spacial score (nSPS) is 19.0. The van der Waals surface area contributed by atoms with Crippen LogP contribution in [0.5, 0.6) is 0 Å². The molecule has 1 unspecified atom stereocenters. The lowest BCUT2D eigenvalue weighted by Gasteiger charge is -2.18. The van der Waals surface area contributed by atoms with Crippen molar-refractivity contribution in [2.45, 2.75) is 19.3 Å². The molecule has 2 aromatic rings. The van der Waals surface area contributed by atoms with Crippen molar-refractivity contribution in [3.8, 4) is 6.07 Å². The topological polar surface area (TPSA) is 76.4 Å². The molecule has 2 heterocycles. The fourth-order valence-electron chi connectivity index (χ4n) is 3.85. The molecule has 142 valence electrons. The lowest BCUT2D eigenvalue weighted by Crippen LogP contribution is -2.28. The van der Waals surface area contributed by atoms with Crippen molar-refractivity contribution < 1.29 is 9.59 Å². The van der Waals surface area contributed by atoms with Crippen molar-refractivity contribution in [1.82, 2.24) is 0 Å². The van der Waals surface area contributed by atoms with Gasteiger partial charge >= 0.3 is 0 Å². The molecule has 0 aromatic heterocycles. The fourth-order valence-corrected chi connectivity index (χ4v) is 3.85. The number of rotatable bonds is 4. The molecule has 2 amide bonds. The van der Waals surface area contributed by atoms with Crippen LogP contribution in [0, 0.1) is 17.2 Å². The molecule has 0 saturated carbocycles. The van der Waals surface area contributed by atoms with Gasteiger partial charge in [-0.2, -0.15) is 5.26 Å². The quantitative estimate of drug-likeness (QED) is 0.892. The minimum Gasteiger partial charge on any atom is -0.372 e. The Morgan fingerprint density at radius 3 is 2.54 bits per heavy atom. The first kappa shape index (κ1) is 18.1. The van der Waals surface area contributed by atoms with Gasteiger partial charge in [-0.1, -0.05) is 6.07 Å². The summed E-state index contributed by atoms with van der Waals surface area (Å²) in [6.07, 6.45) is 2.62. The zero-order valence-corrected chi connectivity index (χ0v) is 15.6. The Balaban J connectivity index is 1.40. The van der Waals surface area contributed by atoms with Crippen LogP contribution < -0.4 is 15.1 Å². The minimum atomic E-state index is -0.406. The molecule has 0 radical (unpaired) electrons. The molecule has 0 bridgehead atoms. The Kier molecular flexibility index (Phi) is 4.98. The molecule has 4 rings (SSSR count). The number of nitrogens with zero attached hydrogens (tertiary/aromatic N) is 3. The van der Waals surface area contributed by atoms with E-state index >= 15 is 0 Å². The number of benzene rings is 2. The summed E-state index contributed by atoms with van der Waals surface area (Å²) in [7, 11) is 0. The average Bonchev–Trinajstić information content (AvgIpc) is 3.39. The van der Waals surface area contributed by atoms with E-state index in [0.29, 0.717) is 17.8 Å². The van der Waals surface area contributed by atoms with Crippen LogP contribution in [0.1, 0.15) is 24.8 Å². The lowest BCUT2D eigenvalue weighted by atomic mass is 10.1. The van der Waals surface area contributed by atoms with E-state index in [4.69, 9.17) is 5.26 Å². The van der Waals surface area contributed by atoms with Crippen LogP contribution in [0.2, 0.25) is 0 Å². The largest absolute Gasteiger partial charge is 0.372 e. The van der Waals surface area contributed by atoms with Crippen LogP contribution in [0.25, 0.3) is 0 Å². The minimum absolute atomic E-state index is 0.0976. The second kappa shape index (κ2) is 7.73. The summed E-state index contributed by atoms with van der Waals surface area (Å²) < 4.78 is 0. The van der Waals surface area contributed by atoms with E-state index in [1.165, 1.54) is 18.5 Å². The zero-order valence-electron chi connectivity index (χ0n) is 15.6. The Hall–Kier alpha value is -3.33. The van der Waals surface area contributed by atoms with Gasteiger partial charge in [-0.15, -0.1) is 0 Å². The Labute approximate surface area is 164 Å². The van der Waals surface area contributed by atoms with E-state index < -0.39 is 5.92 Å². The van der Waals surface area contributed by atoms with E-state index in [-0.39, 0.29) is 18.2 Å². The van der Waals surface area contributed by atoms with E-state index in [9.17, 15) is 9.59 Å². The van der Waals surface area contributed by atoms with E-state index in [1.807, 2.05) is 24.3 Å². The fraction of sp³-hybridized carbons (Fsp3) is 0.318. The predicted molar refractivity (Wildman–Crippen MR) is 108 cm³/mol. The summed E-state index contributed by atoms with van der Waals surface area (Å²) in [4.78, 5) is 29.0. The van der Waals surface area contributed by atoms with Crippen LogP contribution in [0.3, 0.4) is 0 Å². The van der Waals surface area contributed by atoms with Crippen LogP contribution >= 0.6 is 0 Å². The van der Waals surface area contributed by atoms with Crippen LogP contribution in [-0.2, 0) is 9.59 Å². The summed E-state index contributed by atoms with van der Waals surface area (Å²) in [5.41, 5.74) is 3.08. The maximum absolute atomic E-state index is 12.6. The van der Waals surface area contributed by atoms with Crippen LogP contribution in [0.4, 0.5) is 17.1 Å². The van der Waals surface area contributed by atoms with Crippen molar-refractivity contribution in [3.63, 3.8) is 0 Å². The standard InChI is InChI=1S/C22H22N4O2/c23-14-16-4-3-5-20(12-16)26-15-17(13-21(26)27)22(28)24-18-6-8-19(9-7-18)25-10-1-2-11-25/h3-9,12,17H,1-2,10-11,13,15H2,(H,24,28). The van der Waals surface area contributed by atoms with E-state index in [0.717, 1.165) is 18.8 Å². The average molecular weight is 374 g/mol. The molecular formula is C22H22N4O2. The maximum atomic E-state index is 12.6. The number of amides is 2. The SMILES string of the molecule is N#Cc1cccc(N2CC(C(=O)Nc3ccc(N4CCCC4)cc3)CC2=O)c1. The molecule has 0 aliphatic carbocycles. The van der Waals surface area contributed by atoms with Crippen molar-refractivity contribution in [2.75, 3.05) is 34.8 Å². The summed E-state index contributed by atoms with van der Waals surface area (Å²) in [5, 5.41) is 12.0. The van der Waals surface area contributed by atoms with Gasteiger partial charge in [-0.3, -0.25) is 9.59 Å². The molecule has 1 N–H and O–H groups in total. The molecular weight excluding hydrogens is 352 g/mol. The molecule has 2 aliphatic rings. The van der Waals surface area contributed by atoms with Gasteiger partial charge in [0.05, 0.1) is 17.6 Å². The monoisotopic (exact) mass is 374 g/mol. The van der Waals surface area contributed by atoms with Gasteiger partial charge in [0, 0.05) is 43.1 Å². The Bertz CT molecular complexity index is 926. The van der Waals surface area contributed by atoms with Crippen molar-refractivity contribution in [1.29, 1.82) is 5.26 Å². The van der Waals surface area contributed by atoms with Crippen LogP contribution in [0.15, 0.2) is 48.5 Å². The first-order valence-corrected chi connectivity index (χ1v) is 9.60. The maximum Gasteiger partial charge on any atom is 0.229 e. The van der Waals surface area contributed by atoms with Gasteiger partial charge in [-0.05, 0) is 55.3 Å². The first-order valence-electron chi connectivity index (χ1n) is 9.60. The summed E-state index contributed by atoms with van der Waals surface area (Å²) in [6, 6.07) is 16.9. The highest BCUT2D eigenvalue weighted by molar-refractivity contribution is 6.03. The van der Waals surface area contributed by atoms with Gasteiger partial charge < -0.3 is 15.1 Å². The molecule has 2 aromatic carbocycles. The second-order valence-electron chi connectivity index (χ2n) is 7.30. The van der Waals surface area contributed by atoms with Gasteiger partial charge in [-0.25, -0.2) is 0 Å². The molecule has 0 spiro atoms. The van der Waals surface area contributed by atoms with Crippen molar-refractivity contribution in [2.24, 2.45) is 5.92 Å². The molecule has 2 aliphatic heterocycles. The number of nitriles is 1. The number of carbonyl (C=O) groups excluding carboxylic acids is 2. The highest BCUT2D eigenvalue weighted by Gasteiger charge is 2.35. The zero-order chi connectivity index (χ0) is 19.5. The summed E-state index contributed by atoms with van der Waals surface area (Å²) in [5.74, 6) is -0.655. The third-order valence-electron chi connectivity index (χ3n) is 5.39. The van der Waals surface area contributed by atoms with Crippen LogP contribution in [-0.4, -0.2) is 31.4 Å². The smallest absolute Gasteiger partial charge is 0.229 e. The summed E-state index contributed by atoms with van der Waals surface area (Å²) >= 11 is 0. The highest BCUT2D eigenvalue weighted by Crippen LogP contribution is 2.27. The third-order valence-corrected chi connectivity index (χ3v) is 5.39. The Morgan fingerprint density at radius 2 is 1.82 bits per heavy atom. The summed E-state index contributed by atoms with van der Waals surface area (Å²) in [6.45, 7) is 2.49. The van der Waals surface area contributed by atoms with Gasteiger partial charge in [0.15, 0.2) is 0 Å².